The van der Waals surface area contributed by atoms with E-state index in [2.05, 4.69) is 51.9 Å². The van der Waals surface area contributed by atoms with Gasteiger partial charge in [0.2, 0.25) is 5.91 Å². The van der Waals surface area contributed by atoms with E-state index in [0.717, 1.165) is 16.5 Å². The minimum absolute atomic E-state index is 0.0162. The van der Waals surface area contributed by atoms with Crippen LogP contribution in [0.5, 0.6) is 0 Å². The molecule has 1 amide bonds. The monoisotopic (exact) mass is 402 g/mol. The normalized spacial score (nSPS) is 10.9. The van der Waals surface area contributed by atoms with Crippen LogP contribution in [0.15, 0.2) is 78.0 Å². The fourth-order valence-corrected chi connectivity index (χ4v) is 3.98. The highest BCUT2D eigenvalue weighted by atomic mass is 32.2. The highest BCUT2D eigenvalue weighted by Crippen LogP contribution is 2.22. The molecule has 0 bridgehead atoms. The number of hydrogen-bond donors (Lipinski definition) is 1. The van der Waals surface area contributed by atoms with Gasteiger partial charge < -0.3 is 9.88 Å². The van der Waals surface area contributed by atoms with Gasteiger partial charge in [-0.3, -0.25) is 4.79 Å². The van der Waals surface area contributed by atoms with E-state index in [0.29, 0.717) is 18.7 Å². The van der Waals surface area contributed by atoms with Crippen LogP contribution in [0.4, 0.5) is 0 Å². The van der Waals surface area contributed by atoms with Gasteiger partial charge in [0, 0.05) is 20.0 Å². The predicted molar refractivity (Wildman–Crippen MR) is 117 cm³/mol. The number of aromatic nitrogens is 3. The van der Waals surface area contributed by atoms with Crippen LogP contribution in [0.25, 0.3) is 10.8 Å². The van der Waals surface area contributed by atoms with Crippen molar-refractivity contribution < 1.29 is 4.79 Å². The second kappa shape index (κ2) is 8.92. The Kier molecular flexibility index (Phi) is 5.91. The average molecular weight is 403 g/mol. The van der Waals surface area contributed by atoms with Crippen LogP contribution >= 0.6 is 11.8 Å². The zero-order valence-electron chi connectivity index (χ0n) is 16.2. The van der Waals surface area contributed by atoms with E-state index in [4.69, 9.17) is 0 Å². The van der Waals surface area contributed by atoms with Crippen molar-refractivity contribution in [3.63, 3.8) is 0 Å². The maximum atomic E-state index is 12.2. The van der Waals surface area contributed by atoms with E-state index in [1.54, 1.807) is 0 Å². The number of thioether (sulfide) groups is 1. The molecule has 146 valence electrons. The van der Waals surface area contributed by atoms with Gasteiger partial charge in [-0.15, -0.1) is 10.2 Å². The summed E-state index contributed by atoms with van der Waals surface area (Å²) in [7, 11) is 1.95. The lowest BCUT2D eigenvalue weighted by Gasteiger charge is -2.07. The van der Waals surface area contributed by atoms with E-state index in [9.17, 15) is 4.79 Å². The minimum atomic E-state index is -0.0162. The predicted octanol–water partition coefficient (Wildman–Crippen LogP) is 3.97. The van der Waals surface area contributed by atoms with Crippen LogP contribution in [0.3, 0.4) is 0 Å². The Labute approximate surface area is 174 Å². The number of amides is 1. The van der Waals surface area contributed by atoms with Gasteiger partial charge in [-0.1, -0.05) is 84.6 Å². The van der Waals surface area contributed by atoms with Crippen LogP contribution in [-0.2, 0) is 24.8 Å². The first kappa shape index (κ1) is 19.2. The third kappa shape index (κ3) is 4.66. The molecule has 5 nitrogen and oxygen atoms in total. The smallest absolute Gasteiger partial charge is 0.230 e. The largest absolute Gasteiger partial charge is 0.351 e. The topological polar surface area (TPSA) is 59.8 Å². The van der Waals surface area contributed by atoms with Gasteiger partial charge in [0.1, 0.15) is 5.82 Å². The van der Waals surface area contributed by atoms with Crippen LogP contribution in [-0.4, -0.2) is 26.4 Å². The van der Waals surface area contributed by atoms with Gasteiger partial charge in [-0.2, -0.15) is 0 Å². The van der Waals surface area contributed by atoms with Crippen LogP contribution in [0.1, 0.15) is 17.0 Å². The number of nitrogens with one attached hydrogen (secondary N) is 1. The van der Waals surface area contributed by atoms with Crippen molar-refractivity contribution in [2.45, 2.75) is 18.1 Å². The lowest BCUT2D eigenvalue weighted by molar-refractivity contribution is -0.118. The second-order valence-corrected chi connectivity index (χ2v) is 7.77. The van der Waals surface area contributed by atoms with Gasteiger partial charge in [0.15, 0.2) is 5.16 Å². The van der Waals surface area contributed by atoms with Crippen molar-refractivity contribution in [3.8, 4) is 0 Å². The van der Waals surface area contributed by atoms with Gasteiger partial charge in [0.05, 0.1) is 5.75 Å². The third-order valence-electron chi connectivity index (χ3n) is 4.82. The lowest BCUT2D eigenvalue weighted by atomic mass is 10.0. The van der Waals surface area contributed by atoms with Gasteiger partial charge in [-0.25, -0.2) is 0 Å². The molecule has 1 N–H and O–H groups in total. The molecule has 0 saturated carbocycles. The van der Waals surface area contributed by atoms with Gasteiger partial charge >= 0.3 is 0 Å². The third-order valence-corrected chi connectivity index (χ3v) is 5.84. The first-order valence-corrected chi connectivity index (χ1v) is 10.5. The summed E-state index contributed by atoms with van der Waals surface area (Å²) in [5, 5.41) is 14.8. The van der Waals surface area contributed by atoms with Crippen LogP contribution in [0.2, 0.25) is 0 Å². The number of nitrogens with zero attached hydrogens (tertiary/aromatic N) is 3. The molecule has 0 fully saturated rings. The van der Waals surface area contributed by atoms with E-state index in [-0.39, 0.29) is 5.91 Å². The summed E-state index contributed by atoms with van der Waals surface area (Å²) in [4.78, 5) is 12.2. The Hall–Kier alpha value is -3.12. The fraction of sp³-hybridized carbons (Fsp3) is 0.174. The number of carbonyl (C=O) groups excluding carboxylic acids is 1. The Balaban J connectivity index is 1.37. The van der Waals surface area contributed by atoms with Gasteiger partial charge in [-0.05, 0) is 21.9 Å². The molecule has 4 rings (SSSR count). The molecule has 0 unspecified atom stereocenters. The number of carbonyl (C=O) groups is 1. The fourth-order valence-electron chi connectivity index (χ4n) is 3.22. The first-order chi connectivity index (χ1) is 14.2. The highest BCUT2D eigenvalue weighted by molar-refractivity contribution is 7.99. The standard InChI is InChI=1S/C23H22N4OS/c1-27-21(14-19-12-7-11-18-10-5-6-13-20(18)19)25-26-23(27)29-16-22(28)24-15-17-8-3-2-4-9-17/h2-13H,14-16H2,1H3,(H,24,28). The number of fused-ring (bicyclic) bond motifs is 1. The van der Waals surface area contributed by atoms with Crippen molar-refractivity contribution in [1.29, 1.82) is 0 Å². The Morgan fingerprint density at radius 1 is 0.966 bits per heavy atom. The quantitative estimate of drug-likeness (QED) is 0.475. The second-order valence-electron chi connectivity index (χ2n) is 6.82. The molecule has 0 aliphatic rings. The van der Waals surface area contributed by atoms with E-state index in [1.807, 2.05) is 48.0 Å². The molecule has 29 heavy (non-hydrogen) atoms. The summed E-state index contributed by atoms with van der Waals surface area (Å²) in [6.07, 6.45) is 0.700. The number of rotatable bonds is 7. The minimum Gasteiger partial charge on any atom is -0.351 e. The molecular weight excluding hydrogens is 380 g/mol. The van der Waals surface area contributed by atoms with E-state index < -0.39 is 0 Å². The first-order valence-electron chi connectivity index (χ1n) is 9.49. The molecule has 0 aliphatic heterocycles. The number of benzene rings is 3. The van der Waals surface area contributed by atoms with Crippen molar-refractivity contribution in [1.82, 2.24) is 20.1 Å². The molecule has 3 aromatic carbocycles. The molecule has 6 heteroatoms. The van der Waals surface area contributed by atoms with Gasteiger partial charge in [0.25, 0.3) is 0 Å². The molecule has 4 aromatic rings. The summed E-state index contributed by atoms with van der Waals surface area (Å²) in [6, 6.07) is 24.5. The Morgan fingerprint density at radius 2 is 1.72 bits per heavy atom. The number of hydrogen-bond acceptors (Lipinski definition) is 4. The van der Waals surface area contributed by atoms with Crippen LogP contribution < -0.4 is 5.32 Å². The molecule has 0 atom stereocenters. The van der Waals surface area contributed by atoms with Crippen LogP contribution in [0, 0.1) is 0 Å². The summed E-state index contributed by atoms with van der Waals surface area (Å²) < 4.78 is 1.97. The molecular formula is C23H22N4OS. The van der Waals surface area contributed by atoms with Crippen molar-refractivity contribution in [2.75, 3.05) is 5.75 Å². The average Bonchev–Trinajstić information content (AvgIpc) is 3.11. The van der Waals surface area contributed by atoms with Crippen molar-refractivity contribution in [2.24, 2.45) is 7.05 Å². The summed E-state index contributed by atoms with van der Waals surface area (Å²) in [6.45, 7) is 0.533. The van der Waals surface area contributed by atoms with E-state index in [1.165, 1.54) is 28.1 Å². The molecule has 0 spiro atoms. The molecule has 1 aromatic heterocycles. The summed E-state index contributed by atoms with van der Waals surface area (Å²) in [5.41, 5.74) is 2.30. The SMILES string of the molecule is Cn1c(Cc2cccc3ccccc23)nnc1SCC(=O)NCc1ccccc1. The Bertz CT molecular complexity index is 1120. The van der Waals surface area contributed by atoms with Crippen molar-refractivity contribution in [3.05, 3.63) is 89.7 Å². The molecule has 0 saturated heterocycles. The molecule has 1 heterocycles. The van der Waals surface area contributed by atoms with E-state index >= 15 is 0 Å². The van der Waals surface area contributed by atoms with Crippen molar-refractivity contribution >= 4 is 28.4 Å². The Morgan fingerprint density at radius 3 is 2.59 bits per heavy atom. The molecule has 0 aliphatic carbocycles. The molecule has 0 radical (unpaired) electrons. The summed E-state index contributed by atoms with van der Waals surface area (Å²) >= 11 is 1.40. The zero-order chi connectivity index (χ0) is 20.1. The maximum Gasteiger partial charge on any atom is 0.230 e. The lowest BCUT2D eigenvalue weighted by Crippen LogP contribution is -2.24. The highest BCUT2D eigenvalue weighted by Gasteiger charge is 2.13. The summed E-state index contributed by atoms with van der Waals surface area (Å²) in [5.74, 6) is 1.18. The maximum absolute atomic E-state index is 12.2. The zero-order valence-corrected chi connectivity index (χ0v) is 17.0.